The third-order valence-electron chi connectivity index (χ3n) is 3.35. The van der Waals surface area contributed by atoms with Crippen molar-refractivity contribution in [2.24, 2.45) is 11.7 Å². The van der Waals surface area contributed by atoms with Crippen molar-refractivity contribution >= 4 is 34.1 Å². The zero-order valence-corrected chi connectivity index (χ0v) is 11.4. The standard InChI is InChI=1S/C12H14N2O4S/c1-5-6(2)19-11(9(5)12(17)18)14-4-7(10(13)16)3-8(14)15/h7H,3-4H2,1-2H3,(H2,13,16)(H,17,18). The maximum absolute atomic E-state index is 11.9. The van der Waals surface area contributed by atoms with Crippen LogP contribution in [0.5, 0.6) is 0 Å². The molecule has 19 heavy (non-hydrogen) atoms. The first-order valence-electron chi connectivity index (χ1n) is 5.76. The Morgan fingerprint density at radius 3 is 2.53 bits per heavy atom. The second-order valence-corrected chi connectivity index (χ2v) is 5.78. The fourth-order valence-electron chi connectivity index (χ4n) is 2.15. The van der Waals surface area contributed by atoms with Gasteiger partial charge in [0, 0.05) is 17.8 Å². The monoisotopic (exact) mass is 282 g/mol. The van der Waals surface area contributed by atoms with Crippen LogP contribution in [0, 0.1) is 19.8 Å². The second-order valence-electron chi connectivity index (χ2n) is 4.58. The van der Waals surface area contributed by atoms with Gasteiger partial charge in [-0.3, -0.25) is 9.59 Å². The molecule has 1 aromatic rings. The number of hydrogen-bond donors (Lipinski definition) is 2. The number of carbonyl (C=O) groups excluding carboxylic acids is 2. The van der Waals surface area contributed by atoms with Crippen LogP contribution in [0.25, 0.3) is 0 Å². The van der Waals surface area contributed by atoms with Gasteiger partial charge < -0.3 is 15.7 Å². The van der Waals surface area contributed by atoms with Crippen molar-refractivity contribution in [2.75, 3.05) is 11.4 Å². The van der Waals surface area contributed by atoms with Gasteiger partial charge in [-0.1, -0.05) is 0 Å². The summed E-state index contributed by atoms with van der Waals surface area (Å²) < 4.78 is 0. The predicted molar refractivity (Wildman–Crippen MR) is 70.4 cm³/mol. The van der Waals surface area contributed by atoms with Gasteiger partial charge in [0.1, 0.15) is 5.00 Å². The van der Waals surface area contributed by atoms with Crippen LogP contribution >= 0.6 is 11.3 Å². The van der Waals surface area contributed by atoms with E-state index >= 15 is 0 Å². The number of thiophene rings is 1. The van der Waals surface area contributed by atoms with Crippen LogP contribution in [0.1, 0.15) is 27.2 Å². The number of aromatic carboxylic acids is 1. The highest BCUT2D eigenvalue weighted by Gasteiger charge is 2.37. The number of rotatable bonds is 3. The fourth-order valence-corrected chi connectivity index (χ4v) is 3.32. The van der Waals surface area contributed by atoms with Crippen molar-refractivity contribution < 1.29 is 19.5 Å². The minimum atomic E-state index is -1.06. The van der Waals surface area contributed by atoms with Crippen LogP contribution in [0.3, 0.4) is 0 Å². The van der Waals surface area contributed by atoms with Crippen LogP contribution in [-0.4, -0.2) is 29.4 Å². The lowest BCUT2D eigenvalue weighted by atomic mass is 10.1. The van der Waals surface area contributed by atoms with E-state index in [2.05, 4.69) is 0 Å². The van der Waals surface area contributed by atoms with E-state index < -0.39 is 17.8 Å². The molecule has 0 spiro atoms. The molecule has 7 heteroatoms. The molecular formula is C12H14N2O4S. The Hall–Kier alpha value is -1.89. The highest BCUT2D eigenvalue weighted by atomic mass is 32.1. The average Bonchev–Trinajstić information content (AvgIpc) is 2.81. The number of anilines is 1. The number of carboxylic acid groups (broad SMARTS) is 1. The summed E-state index contributed by atoms with van der Waals surface area (Å²) in [5.41, 5.74) is 6.00. The Bertz CT molecular complexity index is 579. The molecule has 0 aliphatic carbocycles. The minimum Gasteiger partial charge on any atom is -0.478 e. The number of nitrogens with zero attached hydrogens (tertiary/aromatic N) is 1. The molecule has 2 heterocycles. The summed E-state index contributed by atoms with van der Waals surface area (Å²) in [7, 11) is 0. The Kier molecular flexibility index (Phi) is 3.32. The first-order valence-corrected chi connectivity index (χ1v) is 6.57. The normalized spacial score (nSPS) is 18.9. The van der Waals surface area contributed by atoms with E-state index in [1.807, 2.05) is 6.92 Å². The van der Waals surface area contributed by atoms with Crippen LogP contribution < -0.4 is 10.6 Å². The summed E-state index contributed by atoms with van der Waals surface area (Å²) in [5, 5.41) is 9.66. The Labute approximate surface area is 113 Å². The molecule has 1 unspecified atom stereocenters. The quantitative estimate of drug-likeness (QED) is 0.860. The lowest BCUT2D eigenvalue weighted by Gasteiger charge is -2.15. The number of carboxylic acids is 1. The Morgan fingerprint density at radius 2 is 2.05 bits per heavy atom. The number of nitrogens with two attached hydrogens (primary N) is 1. The van der Waals surface area contributed by atoms with Crippen LogP contribution in [0.4, 0.5) is 5.00 Å². The fraction of sp³-hybridized carbons (Fsp3) is 0.417. The van der Waals surface area contributed by atoms with Gasteiger partial charge >= 0.3 is 5.97 Å². The summed E-state index contributed by atoms with van der Waals surface area (Å²) in [6, 6.07) is 0. The molecule has 1 aliphatic heterocycles. The largest absolute Gasteiger partial charge is 0.478 e. The molecular weight excluding hydrogens is 268 g/mol. The molecule has 102 valence electrons. The molecule has 2 amide bonds. The third kappa shape index (κ3) is 2.21. The summed E-state index contributed by atoms with van der Waals surface area (Å²) in [4.78, 5) is 36.6. The van der Waals surface area contributed by atoms with E-state index in [1.165, 1.54) is 16.2 Å². The summed E-state index contributed by atoms with van der Waals surface area (Å²) in [6.45, 7) is 3.68. The minimum absolute atomic E-state index is 0.0460. The molecule has 0 aromatic carbocycles. The number of primary amides is 1. The van der Waals surface area contributed by atoms with Crippen LogP contribution in [0.15, 0.2) is 0 Å². The van der Waals surface area contributed by atoms with Crippen molar-refractivity contribution in [1.29, 1.82) is 0 Å². The van der Waals surface area contributed by atoms with E-state index in [4.69, 9.17) is 5.73 Å². The van der Waals surface area contributed by atoms with Crippen molar-refractivity contribution in [3.63, 3.8) is 0 Å². The summed E-state index contributed by atoms with van der Waals surface area (Å²) >= 11 is 1.26. The molecule has 0 radical (unpaired) electrons. The lowest BCUT2D eigenvalue weighted by molar-refractivity contribution is -0.123. The molecule has 0 bridgehead atoms. The van der Waals surface area contributed by atoms with E-state index in [-0.39, 0.29) is 24.4 Å². The lowest BCUT2D eigenvalue weighted by Crippen LogP contribution is -2.28. The molecule has 1 aliphatic rings. The average molecular weight is 282 g/mol. The highest BCUT2D eigenvalue weighted by molar-refractivity contribution is 7.16. The number of aryl methyl sites for hydroxylation is 1. The van der Waals surface area contributed by atoms with E-state index in [0.29, 0.717) is 10.6 Å². The first kappa shape index (κ1) is 13.5. The SMILES string of the molecule is Cc1sc(N2CC(C(N)=O)CC2=O)c(C(=O)O)c1C. The Balaban J connectivity index is 2.43. The zero-order valence-electron chi connectivity index (χ0n) is 10.6. The molecule has 3 N–H and O–H groups in total. The first-order chi connectivity index (χ1) is 8.82. The van der Waals surface area contributed by atoms with Crippen molar-refractivity contribution in [1.82, 2.24) is 0 Å². The van der Waals surface area contributed by atoms with Gasteiger partial charge in [-0.2, -0.15) is 0 Å². The highest BCUT2D eigenvalue weighted by Crippen LogP contribution is 2.38. The number of hydrogen-bond acceptors (Lipinski definition) is 4. The third-order valence-corrected chi connectivity index (χ3v) is 4.58. The zero-order chi connectivity index (χ0) is 14.3. The summed E-state index contributed by atoms with van der Waals surface area (Å²) in [6.07, 6.45) is 0.0460. The Morgan fingerprint density at radius 1 is 1.42 bits per heavy atom. The molecule has 6 nitrogen and oxygen atoms in total. The van der Waals surface area contributed by atoms with Gasteiger partial charge in [0.05, 0.1) is 11.5 Å². The van der Waals surface area contributed by atoms with E-state index in [1.54, 1.807) is 6.92 Å². The van der Waals surface area contributed by atoms with Gasteiger partial charge in [-0.15, -0.1) is 11.3 Å². The van der Waals surface area contributed by atoms with Crippen molar-refractivity contribution in [3.05, 3.63) is 16.0 Å². The van der Waals surface area contributed by atoms with Crippen molar-refractivity contribution in [3.8, 4) is 0 Å². The van der Waals surface area contributed by atoms with Gasteiger partial charge in [-0.25, -0.2) is 4.79 Å². The molecule has 1 aromatic heterocycles. The molecule has 1 atom stereocenters. The van der Waals surface area contributed by atoms with Crippen LogP contribution in [0.2, 0.25) is 0 Å². The van der Waals surface area contributed by atoms with E-state index in [9.17, 15) is 19.5 Å². The smallest absolute Gasteiger partial charge is 0.339 e. The number of amides is 2. The van der Waals surface area contributed by atoms with Crippen LogP contribution in [-0.2, 0) is 9.59 Å². The molecule has 2 rings (SSSR count). The van der Waals surface area contributed by atoms with Gasteiger partial charge in [-0.05, 0) is 19.4 Å². The maximum atomic E-state index is 11.9. The molecule has 1 fully saturated rings. The van der Waals surface area contributed by atoms with E-state index in [0.717, 1.165) is 4.88 Å². The van der Waals surface area contributed by atoms with Gasteiger partial charge in [0.2, 0.25) is 11.8 Å². The van der Waals surface area contributed by atoms with Crippen molar-refractivity contribution in [2.45, 2.75) is 20.3 Å². The topological polar surface area (TPSA) is 101 Å². The van der Waals surface area contributed by atoms with Gasteiger partial charge in [0.15, 0.2) is 0 Å². The van der Waals surface area contributed by atoms with Gasteiger partial charge in [0.25, 0.3) is 0 Å². The maximum Gasteiger partial charge on any atom is 0.339 e. The molecule has 1 saturated heterocycles. The second kappa shape index (κ2) is 4.65. The number of carbonyl (C=O) groups is 3. The summed E-state index contributed by atoms with van der Waals surface area (Å²) in [5.74, 6) is -2.39. The molecule has 0 saturated carbocycles. The predicted octanol–water partition coefficient (Wildman–Crippen LogP) is 0.901.